The van der Waals surface area contributed by atoms with Gasteiger partial charge in [0.2, 0.25) is 8.38 Å². The standard InChI is InChI=1S/C3H6NO4P/c5-3(6)1-4-2-9(7)8/h2,7-8H,1H2,(H,5,6). The van der Waals surface area contributed by atoms with E-state index in [1.165, 1.54) is 0 Å². The quantitative estimate of drug-likeness (QED) is 0.371. The maximum Gasteiger partial charge on any atom is 0.325 e. The Labute approximate surface area is 52.6 Å². The molecule has 0 bridgehead atoms. The molecule has 9 heavy (non-hydrogen) atoms. The molecule has 0 saturated carbocycles. The van der Waals surface area contributed by atoms with Crippen molar-refractivity contribution in [3.63, 3.8) is 0 Å². The van der Waals surface area contributed by atoms with Gasteiger partial charge >= 0.3 is 5.97 Å². The zero-order valence-electron chi connectivity index (χ0n) is 4.43. The Morgan fingerprint density at radius 3 is 2.56 bits per heavy atom. The molecule has 52 valence electrons. The van der Waals surface area contributed by atoms with Crippen LogP contribution in [0.5, 0.6) is 0 Å². The number of rotatable bonds is 3. The summed E-state index contributed by atoms with van der Waals surface area (Å²) in [6.07, 6.45) is 0. The SMILES string of the molecule is O=C(O)CN=CP(O)O. The Morgan fingerprint density at radius 1 is 1.67 bits per heavy atom. The van der Waals surface area contributed by atoms with Gasteiger partial charge in [-0.2, -0.15) is 0 Å². The highest BCUT2D eigenvalue weighted by atomic mass is 31.2. The summed E-state index contributed by atoms with van der Waals surface area (Å²) in [5.41, 5.74) is 0. The van der Waals surface area contributed by atoms with Gasteiger partial charge in [0, 0.05) is 0 Å². The molecule has 0 radical (unpaired) electrons. The van der Waals surface area contributed by atoms with Crippen LogP contribution in [0.4, 0.5) is 0 Å². The smallest absolute Gasteiger partial charge is 0.325 e. The fourth-order valence-electron chi connectivity index (χ4n) is 0.192. The van der Waals surface area contributed by atoms with Crippen LogP contribution in [0, 0.1) is 0 Å². The third-order valence-corrected chi connectivity index (χ3v) is 0.781. The van der Waals surface area contributed by atoms with Crippen LogP contribution in [-0.2, 0) is 4.79 Å². The first-order chi connectivity index (χ1) is 4.13. The van der Waals surface area contributed by atoms with E-state index in [2.05, 4.69) is 4.99 Å². The van der Waals surface area contributed by atoms with E-state index in [9.17, 15) is 4.79 Å². The number of nitrogens with zero attached hydrogens (tertiary/aromatic N) is 1. The summed E-state index contributed by atoms with van der Waals surface area (Å²) in [6, 6.07) is 0. The summed E-state index contributed by atoms with van der Waals surface area (Å²) in [6.45, 7) is -0.417. The molecule has 0 aromatic heterocycles. The number of aliphatic carboxylic acids is 1. The van der Waals surface area contributed by atoms with Crippen LogP contribution in [0.3, 0.4) is 0 Å². The Bertz CT molecular complexity index is 123. The second kappa shape index (κ2) is 4.38. The largest absolute Gasteiger partial charge is 0.480 e. The summed E-state index contributed by atoms with van der Waals surface area (Å²) < 4.78 is 0. The molecule has 0 aromatic rings. The topological polar surface area (TPSA) is 90.1 Å². The van der Waals surface area contributed by atoms with Crippen LogP contribution in [0.25, 0.3) is 0 Å². The molecule has 5 nitrogen and oxygen atoms in total. The fourth-order valence-corrected chi connectivity index (χ4v) is 0.420. The lowest BCUT2D eigenvalue weighted by molar-refractivity contribution is -0.135. The molecule has 3 N–H and O–H groups in total. The maximum atomic E-state index is 9.71. The maximum absolute atomic E-state index is 9.71. The molecule has 0 saturated heterocycles. The molecular weight excluding hydrogens is 145 g/mol. The lowest BCUT2D eigenvalue weighted by Gasteiger charge is -1.88. The minimum atomic E-state index is -2.19. The van der Waals surface area contributed by atoms with E-state index in [4.69, 9.17) is 14.9 Å². The van der Waals surface area contributed by atoms with Crippen LogP contribution < -0.4 is 0 Å². The van der Waals surface area contributed by atoms with E-state index in [1.807, 2.05) is 0 Å². The lowest BCUT2D eigenvalue weighted by Crippen LogP contribution is -1.98. The molecule has 0 aliphatic rings. The predicted octanol–water partition coefficient (Wildman–Crippen LogP) is -0.604. The van der Waals surface area contributed by atoms with E-state index in [1.54, 1.807) is 0 Å². The monoisotopic (exact) mass is 151 g/mol. The van der Waals surface area contributed by atoms with Gasteiger partial charge < -0.3 is 14.9 Å². The van der Waals surface area contributed by atoms with Crippen LogP contribution in [0.2, 0.25) is 0 Å². The van der Waals surface area contributed by atoms with Gasteiger partial charge in [0.05, 0.1) is 5.96 Å². The molecule has 0 fully saturated rings. The minimum absolute atomic E-state index is 0.417. The number of carboxylic acids is 1. The van der Waals surface area contributed by atoms with Crippen LogP contribution in [-0.4, -0.2) is 33.4 Å². The van der Waals surface area contributed by atoms with Gasteiger partial charge in [-0.3, -0.25) is 9.79 Å². The van der Waals surface area contributed by atoms with Crippen LogP contribution in [0.1, 0.15) is 0 Å². The zero-order valence-corrected chi connectivity index (χ0v) is 5.32. The molecule has 0 aromatic carbocycles. The summed E-state index contributed by atoms with van der Waals surface area (Å²) in [5, 5.41) is 7.96. The number of carbonyl (C=O) groups is 1. The normalized spacial score (nSPS) is 11.0. The Hall–Kier alpha value is -0.510. The van der Waals surface area contributed by atoms with Gasteiger partial charge in [0.25, 0.3) is 0 Å². The third-order valence-electron chi connectivity index (χ3n) is 0.411. The van der Waals surface area contributed by atoms with Gasteiger partial charge in [-0.05, 0) is 0 Å². The molecule has 0 amide bonds. The first-order valence-corrected chi connectivity index (χ1v) is 3.33. The summed E-state index contributed by atoms with van der Waals surface area (Å²) in [7, 11) is -2.19. The van der Waals surface area contributed by atoms with E-state index >= 15 is 0 Å². The number of hydrogen-bond acceptors (Lipinski definition) is 4. The van der Waals surface area contributed by atoms with Gasteiger partial charge in [-0.1, -0.05) is 0 Å². The van der Waals surface area contributed by atoms with Crippen LogP contribution in [0.15, 0.2) is 4.99 Å². The predicted molar refractivity (Wildman–Crippen MR) is 32.4 cm³/mol. The third kappa shape index (κ3) is 7.49. The molecule has 0 rings (SSSR count). The number of aliphatic imine (C=N–C) groups is 1. The Kier molecular flexibility index (Phi) is 4.13. The van der Waals surface area contributed by atoms with E-state index in [0.29, 0.717) is 0 Å². The van der Waals surface area contributed by atoms with Crippen molar-refractivity contribution in [1.82, 2.24) is 0 Å². The Morgan fingerprint density at radius 2 is 2.22 bits per heavy atom. The van der Waals surface area contributed by atoms with Crippen molar-refractivity contribution in [2.24, 2.45) is 4.99 Å². The van der Waals surface area contributed by atoms with Crippen molar-refractivity contribution in [1.29, 1.82) is 0 Å². The fraction of sp³-hybridized carbons (Fsp3) is 0.333. The van der Waals surface area contributed by atoms with Crippen LogP contribution >= 0.6 is 8.38 Å². The average molecular weight is 151 g/mol. The van der Waals surface area contributed by atoms with Crippen molar-refractivity contribution in [2.75, 3.05) is 6.54 Å². The van der Waals surface area contributed by atoms with Gasteiger partial charge in [-0.25, -0.2) is 0 Å². The molecule has 0 aliphatic carbocycles. The second-order valence-electron chi connectivity index (χ2n) is 1.17. The molecular formula is C3H6NO4P. The second-order valence-corrected chi connectivity index (χ2v) is 2.04. The highest BCUT2D eigenvalue weighted by Gasteiger charge is 1.92. The zero-order chi connectivity index (χ0) is 7.28. The molecule has 6 heteroatoms. The van der Waals surface area contributed by atoms with E-state index in [0.717, 1.165) is 5.96 Å². The first-order valence-electron chi connectivity index (χ1n) is 2.01. The van der Waals surface area contributed by atoms with Crippen molar-refractivity contribution < 1.29 is 19.7 Å². The van der Waals surface area contributed by atoms with Gasteiger partial charge in [0.15, 0.2) is 0 Å². The summed E-state index contributed by atoms with van der Waals surface area (Å²) in [5.74, 6) is -0.285. The highest BCUT2D eigenvalue weighted by molar-refractivity contribution is 7.61. The minimum Gasteiger partial charge on any atom is -0.480 e. The summed E-state index contributed by atoms with van der Waals surface area (Å²) >= 11 is 0. The van der Waals surface area contributed by atoms with E-state index in [-0.39, 0.29) is 0 Å². The molecule has 0 unspecified atom stereocenters. The highest BCUT2D eigenvalue weighted by Crippen LogP contribution is 2.16. The van der Waals surface area contributed by atoms with Crippen molar-refractivity contribution in [3.05, 3.63) is 0 Å². The summed E-state index contributed by atoms with van der Waals surface area (Å²) in [4.78, 5) is 29.2. The van der Waals surface area contributed by atoms with Crippen molar-refractivity contribution in [3.8, 4) is 0 Å². The van der Waals surface area contributed by atoms with E-state index < -0.39 is 20.9 Å². The van der Waals surface area contributed by atoms with Crippen molar-refractivity contribution >= 4 is 20.3 Å². The molecule has 0 spiro atoms. The number of hydrogen-bond donors (Lipinski definition) is 3. The lowest BCUT2D eigenvalue weighted by atomic mass is 10.7. The van der Waals surface area contributed by atoms with Gasteiger partial charge in [0.1, 0.15) is 6.54 Å². The van der Waals surface area contributed by atoms with Crippen molar-refractivity contribution in [2.45, 2.75) is 0 Å². The number of carboxylic acid groups (broad SMARTS) is 1. The average Bonchev–Trinajstić information content (AvgIpc) is 1.63. The Balaban J connectivity index is 3.36. The van der Waals surface area contributed by atoms with Gasteiger partial charge in [-0.15, -0.1) is 0 Å². The first kappa shape index (κ1) is 8.49. The molecule has 0 atom stereocenters. The molecule has 0 aliphatic heterocycles. The molecule has 0 heterocycles.